The average Bonchev–Trinajstić information content (AvgIpc) is 2.28. The summed E-state index contributed by atoms with van der Waals surface area (Å²) < 4.78 is 65.0. The highest BCUT2D eigenvalue weighted by atomic mass is 19.4. The standard InChI is InChI=1S/C10H8F5N3O/c11-8(12)6-3-5(1-2-16)7(4-17)18-9(6)19-10(13,14)15/h3,8H,1,4,17H2. The Hall–Kier alpha value is -1.95. The van der Waals surface area contributed by atoms with Gasteiger partial charge in [-0.3, -0.25) is 0 Å². The molecule has 0 saturated carbocycles. The molecule has 0 aliphatic carbocycles. The Balaban J connectivity index is 3.32. The van der Waals surface area contributed by atoms with Crippen LogP contribution in [0.1, 0.15) is 23.2 Å². The van der Waals surface area contributed by atoms with E-state index in [1.807, 2.05) is 0 Å². The molecule has 0 saturated heterocycles. The monoisotopic (exact) mass is 281 g/mol. The van der Waals surface area contributed by atoms with E-state index in [9.17, 15) is 22.0 Å². The average molecular weight is 281 g/mol. The lowest BCUT2D eigenvalue weighted by Gasteiger charge is -2.14. The van der Waals surface area contributed by atoms with Crippen molar-refractivity contribution in [1.82, 2.24) is 4.98 Å². The molecule has 0 atom stereocenters. The van der Waals surface area contributed by atoms with Crippen LogP contribution in [-0.4, -0.2) is 11.3 Å². The Morgan fingerprint density at radius 3 is 2.47 bits per heavy atom. The van der Waals surface area contributed by atoms with Crippen molar-refractivity contribution >= 4 is 0 Å². The van der Waals surface area contributed by atoms with Crippen LogP contribution in [0.25, 0.3) is 0 Å². The van der Waals surface area contributed by atoms with Gasteiger partial charge in [-0.1, -0.05) is 0 Å². The third-order valence-electron chi connectivity index (χ3n) is 2.09. The first-order chi connectivity index (χ1) is 8.78. The summed E-state index contributed by atoms with van der Waals surface area (Å²) in [7, 11) is 0. The number of alkyl halides is 5. The molecule has 0 aliphatic heterocycles. The van der Waals surface area contributed by atoms with Crippen LogP contribution >= 0.6 is 0 Å². The van der Waals surface area contributed by atoms with Crippen molar-refractivity contribution in [3.63, 3.8) is 0 Å². The number of rotatable bonds is 4. The molecule has 104 valence electrons. The second-order valence-corrected chi connectivity index (χ2v) is 3.38. The Labute approximate surface area is 104 Å². The molecular formula is C10H8F5N3O. The van der Waals surface area contributed by atoms with Crippen molar-refractivity contribution in [2.24, 2.45) is 5.73 Å². The fourth-order valence-electron chi connectivity index (χ4n) is 1.35. The molecule has 9 heteroatoms. The number of aromatic nitrogens is 1. The molecule has 1 aromatic heterocycles. The van der Waals surface area contributed by atoms with Gasteiger partial charge in [-0.15, -0.1) is 13.2 Å². The van der Waals surface area contributed by atoms with E-state index in [1.54, 1.807) is 6.07 Å². The van der Waals surface area contributed by atoms with Gasteiger partial charge >= 0.3 is 6.36 Å². The molecular weight excluding hydrogens is 273 g/mol. The van der Waals surface area contributed by atoms with E-state index < -0.39 is 24.2 Å². The Morgan fingerprint density at radius 1 is 1.42 bits per heavy atom. The zero-order valence-electron chi connectivity index (χ0n) is 9.34. The summed E-state index contributed by atoms with van der Waals surface area (Å²) in [6.07, 6.45) is -8.64. The molecule has 0 fully saturated rings. The van der Waals surface area contributed by atoms with Gasteiger partial charge in [0.1, 0.15) is 0 Å². The Kier molecular flexibility index (Phi) is 4.61. The number of ether oxygens (including phenoxy) is 1. The number of nitriles is 1. The lowest BCUT2D eigenvalue weighted by atomic mass is 10.1. The molecule has 0 radical (unpaired) electrons. The van der Waals surface area contributed by atoms with Gasteiger partial charge in [-0.25, -0.2) is 13.8 Å². The second-order valence-electron chi connectivity index (χ2n) is 3.38. The van der Waals surface area contributed by atoms with Crippen LogP contribution in [0.15, 0.2) is 6.07 Å². The van der Waals surface area contributed by atoms with E-state index in [-0.39, 0.29) is 24.2 Å². The van der Waals surface area contributed by atoms with E-state index in [0.717, 1.165) is 6.07 Å². The van der Waals surface area contributed by atoms with Crippen LogP contribution in [0.2, 0.25) is 0 Å². The number of nitrogens with zero attached hydrogens (tertiary/aromatic N) is 2. The van der Waals surface area contributed by atoms with Crippen molar-refractivity contribution in [2.75, 3.05) is 0 Å². The quantitative estimate of drug-likeness (QED) is 0.860. The summed E-state index contributed by atoms with van der Waals surface area (Å²) in [6, 6.07) is 2.44. The van der Waals surface area contributed by atoms with Crippen LogP contribution in [0.4, 0.5) is 22.0 Å². The molecule has 1 heterocycles. The number of pyridine rings is 1. The van der Waals surface area contributed by atoms with Crippen molar-refractivity contribution in [3.05, 3.63) is 22.9 Å². The maximum atomic E-state index is 12.7. The molecule has 2 N–H and O–H groups in total. The lowest BCUT2D eigenvalue weighted by Crippen LogP contribution is -2.20. The lowest BCUT2D eigenvalue weighted by molar-refractivity contribution is -0.276. The zero-order chi connectivity index (χ0) is 14.6. The SMILES string of the molecule is N#CCc1cc(C(F)F)c(OC(F)(F)F)nc1CN. The molecule has 0 unspecified atom stereocenters. The minimum atomic E-state index is -5.14. The molecule has 0 aliphatic rings. The number of nitrogens with two attached hydrogens (primary N) is 1. The first kappa shape index (κ1) is 15.1. The molecule has 19 heavy (non-hydrogen) atoms. The smallest absolute Gasteiger partial charge is 0.387 e. The molecule has 0 spiro atoms. The minimum absolute atomic E-state index is 0.0508. The predicted molar refractivity (Wildman–Crippen MR) is 53.1 cm³/mol. The molecule has 0 amide bonds. The largest absolute Gasteiger partial charge is 0.574 e. The normalized spacial score (nSPS) is 11.5. The van der Waals surface area contributed by atoms with E-state index in [4.69, 9.17) is 11.0 Å². The Morgan fingerprint density at radius 2 is 2.05 bits per heavy atom. The highest BCUT2D eigenvalue weighted by Gasteiger charge is 2.34. The maximum absolute atomic E-state index is 12.7. The van der Waals surface area contributed by atoms with Crippen molar-refractivity contribution in [3.8, 4) is 11.9 Å². The summed E-state index contributed by atoms with van der Waals surface area (Å²) in [5.74, 6) is -1.25. The van der Waals surface area contributed by atoms with Crippen LogP contribution in [0.5, 0.6) is 5.88 Å². The minimum Gasteiger partial charge on any atom is -0.387 e. The molecule has 0 bridgehead atoms. The van der Waals surface area contributed by atoms with Gasteiger partial charge in [0.25, 0.3) is 6.43 Å². The van der Waals surface area contributed by atoms with Gasteiger partial charge in [0, 0.05) is 6.54 Å². The maximum Gasteiger partial charge on any atom is 0.574 e. The fourth-order valence-corrected chi connectivity index (χ4v) is 1.35. The van der Waals surface area contributed by atoms with Crippen LogP contribution in [0.3, 0.4) is 0 Å². The topological polar surface area (TPSA) is 71.9 Å². The summed E-state index contributed by atoms with van der Waals surface area (Å²) in [5.41, 5.74) is 4.17. The predicted octanol–water partition coefficient (Wildman–Crippen LogP) is 2.44. The highest BCUT2D eigenvalue weighted by Crippen LogP contribution is 2.33. The van der Waals surface area contributed by atoms with Gasteiger partial charge in [0.15, 0.2) is 0 Å². The van der Waals surface area contributed by atoms with E-state index >= 15 is 0 Å². The van der Waals surface area contributed by atoms with Crippen LogP contribution in [-0.2, 0) is 13.0 Å². The summed E-state index contributed by atoms with van der Waals surface area (Å²) in [5, 5.41) is 8.51. The third kappa shape index (κ3) is 4.03. The van der Waals surface area contributed by atoms with Gasteiger partial charge < -0.3 is 10.5 Å². The molecule has 0 aromatic carbocycles. The molecule has 1 aromatic rings. The Bertz CT molecular complexity index is 495. The summed E-state index contributed by atoms with van der Waals surface area (Å²) in [4.78, 5) is 3.32. The van der Waals surface area contributed by atoms with Crippen molar-refractivity contribution < 1.29 is 26.7 Å². The van der Waals surface area contributed by atoms with E-state index in [2.05, 4.69) is 9.72 Å². The number of halogens is 5. The van der Waals surface area contributed by atoms with Crippen molar-refractivity contribution in [1.29, 1.82) is 5.26 Å². The van der Waals surface area contributed by atoms with Gasteiger partial charge in [0.05, 0.1) is 23.7 Å². The van der Waals surface area contributed by atoms with Crippen LogP contribution in [0, 0.1) is 11.3 Å². The first-order valence-corrected chi connectivity index (χ1v) is 4.92. The van der Waals surface area contributed by atoms with Gasteiger partial charge in [0.2, 0.25) is 5.88 Å². The first-order valence-electron chi connectivity index (χ1n) is 4.92. The third-order valence-corrected chi connectivity index (χ3v) is 2.09. The highest BCUT2D eigenvalue weighted by molar-refractivity contribution is 5.36. The second kappa shape index (κ2) is 5.79. The van der Waals surface area contributed by atoms with Crippen LogP contribution < -0.4 is 10.5 Å². The van der Waals surface area contributed by atoms with E-state index in [1.165, 1.54) is 0 Å². The summed E-state index contributed by atoms with van der Waals surface area (Å²) in [6.45, 7) is -0.297. The number of hydrogen-bond acceptors (Lipinski definition) is 4. The van der Waals surface area contributed by atoms with Crippen molar-refractivity contribution in [2.45, 2.75) is 25.8 Å². The zero-order valence-corrected chi connectivity index (χ0v) is 9.34. The fraction of sp³-hybridized carbons (Fsp3) is 0.400. The van der Waals surface area contributed by atoms with Gasteiger partial charge in [-0.2, -0.15) is 5.26 Å². The number of hydrogen-bond donors (Lipinski definition) is 1. The summed E-state index contributed by atoms with van der Waals surface area (Å²) >= 11 is 0. The molecule has 4 nitrogen and oxygen atoms in total. The van der Waals surface area contributed by atoms with E-state index in [0.29, 0.717) is 0 Å². The van der Waals surface area contributed by atoms with Gasteiger partial charge in [-0.05, 0) is 11.6 Å². The molecule has 1 rings (SSSR count).